The van der Waals surface area contributed by atoms with Crippen LogP contribution >= 0.6 is 23.2 Å². The van der Waals surface area contributed by atoms with E-state index in [-0.39, 0.29) is 23.7 Å². The summed E-state index contributed by atoms with van der Waals surface area (Å²) in [4.78, 5) is 27.8. The third-order valence-electron chi connectivity index (χ3n) is 6.09. The first-order valence-electron chi connectivity index (χ1n) is 12.3. The minimum atomic E-state index is -4.22. The van der Waals surface area contributed by atoms with Crippen LogP contribution in [0.25, 0.3) is 0 Å². The van der Waals surface area contributed by atoms with E-state index in [1.807, 2.05) is 6.92 Å². The molecule has 0 heterocycles. The molecule has 0 saturated heterocycles. The van der Waals surface area contributed by atoms with Crippen LogP contribution in [0.1, 0.15) is 25.0 Å². The van der Waals surface area contributed by atoms with E-state index in [1.165, 1.54) is 30.1 Å². The number of anilines is 1. The fourth-order valence-corrected chi connectivity index (χ4v) is 5.81. The van der Waals surface area contributed by atoms with Gasteiger partial charge in [0.15, 0.2) is 0 Å². The van der Waals surface area contributed by atoms with Gasteiger partial charge >= 0.3 is 0 Å². The summed E-state index contributed by atoms with van der Waals surface area (Å²) in [7, 11) is -2.76. The highest BCUT2D eigenvalue weighted by molar-refractivity contribution is 7.92. The van der Waals surface area contributed by atoms with Gasteiger partial charge < -0.3 is 15.0 Å². The second-order valence-electron chi connectivity index (χ2n) is 8.77. The highest BCUT2D eigenvalue weighted by atomic mass is 35.5. The molecule has 39 heavy (non-hydrogen) atoms. The minimum Gasteiger partial charge on any atom is -0.492 e. The molecule has 0 aliphatic heterocycles. The van der Waals surface area contributed by atoms with E-state index in [4.69, 9.17) is 27.9 Å². The Balaban J connectivity index is 2.10. The van der Waals surface area contributed by atoms with Crippen molar-refractivity contribution >= 4 is 50.7 Å². The molecule has 3 aromatic carbocycles. The molecule has 2 amide bonds. The molecule has 1 atom stereocenters. The second-order valence-corrected chi connectivity index (χ2v) is 11.5. The van der Waals surface area contributed by atoms with Crippen LogP contribution in [0.15, 0.2) is 71.6 Å². The van der Waals surface area contributed by atoms with E-state index < -0.39 is 34.4 Å². The first-order chi connectivity index (χ1) is 18.5. The summed E-state index contributed by atoms with van der Waals surface area (Å²) in [5.41, 5.74) is 1.63. The largest absolute Gasteiger partial charge is 0.492 e. The van der Waals surface area contributed by atoms with Crippen molar-refractivity contribution in [3.63, 3.8) is 0 Å². The maximum absolute atomic E-state index is 14.0. The topological polar surface area (TPSA) is 96.0 Å². The molecule has 0 aliphatic carbocycles. The summed E-state index contributed by atoms with van der Waals surface area (Å²) in [6.07, 6.45) is 0. The average Bonchev–Trinajstić information content (AvgIpc) is 2.91. The summed E-state index contributed by atoms with van der Waals surface area (Å²) < 4.78 is 34.6. The van der Waals surface area contributed by atoms with Crippen molar-refractivity contribution in [1.29, 1.82) is 0 Å². The number of likely N-dealkylation sites (N-methyl/N-ethyl adjacent to an activating group) is 1. The number of carbonyl (C=O) groups excluding carboxylic acids is 2. The number of aryl methyl sites for hydroxylation is 1. The SMILES string of the molecule is CCOc1ccccc1N(CC(=O)N(Cc1ccc(Cl)cc1Cl)C(C)C(=O)NC)S(=O)(=O)c1ccc(C)cc1. The number of nitrogens with one attached hydrogen (secondary N) is 1. The number of nitrogens with zero attached hydrogens (tertiary/aromatic N) is 2. The Kier molecular flexibility index (Phi) is 10.2. The Hall–Kier alpha value is -3.27. The van der Waals surface area contributed by atoms with Crippen molar-refractivity contribution in [2.24, 2.45) is 0 Å². The molecule has 3 aromatic rings. The van der Waals surface area contributed by atoms with Crippen molar-refractivity contribution in [3.8, 4) is 5.75 Å². The normalized spacial score (nSPS) is 11.9. The van der Waals surface area contributed by atoms with Crippen LogP contribution in [0.2, 0.25) is 10.0 Å². The quantitative estimate of drug-likeness (QED) is 0.336. The van der Waals surface area contributed by atoms with Crippen LogP contribution < -0.4 is 14.4 Å². The Morgan fingerprint density at radius 1 is 1.03 bits per heavy atom. The number of hydrogen-bond donors (Lipinski definition) is 1. The standard InChI is InChI=1S/C28H31Cl2N3O5S/c1-5-38-26-9-7-6-8-25(26)33(39(36,37)23-14-10-19(2)11-15-23)18-27(34)32(20(3)28(35)31-4)17-21-12-13-22(29)16-24(21)30/h6-16,20H,5,17-18H2,1-4H3,(H,31,35). The first kappa shape index (κ1) is 30.3. The van der Waals surface area contributed by atoms with Crippen molar-refractivity contribution in [2.45, 2.75) is 38.3 Å². The predicted octanol–water partition coefficient (Wildman–Crippen LogP) is 5.06. The van der Waals surface area contributed by atoms with Crippen LogP contribution in [-0.2, 0) is 26.2 Å². The number of benzene rings is 3. The van der Waals surface area contributed by atoms with E-state index in [0.717, 1.165) is 9.87 Å². The van der Waals surface area contributed by atoms with Gasteiger partial charge in [-0.05, 0) is 62.7 Å². The molecule has 0 fully saturated rings. The van der Waals surface area contributed by atoms with Crippen molar-refractivity contribution in [1.82, 2.24) is 10.2 Å². The molecule has 1 unspecified atom stereocenters. The number of sulfonamides is 1. The molecular formula is C28H31Cl2N3O5S. The third-order valence-corrected chi connectivity index (χ3v) is 8.45. The summed E-state index contributed by atoms with van der Waals surface area (Å²) in [5, 5.41) is 3.28. The number of hydrogen-bond acceptors (Lipinski definition) is 5. The van der Waals surface area contributed by atoms with Gasteiger partial charge in [0, 0.05) is 23.6 Å². The lowest BCUT2D eigenvalue weighted by Gasteiger charge is -2.32. The number of halogens is 2. The lowest BCUT2D eigenvalue weighted by Crippen LogP contribution is -2.50. The van der Waals surface area contributed by atoms with Crippen LogP contribution in [0, 0.1) is 6.92 Å². The van der Waals surface area contributed by atoms with Gasteiger partial charge in [-0.3, -0.25) is 13.9 Å². The monoisotopic (exact) mass is 591 g/mol. The molecular weight excluding hydrogens is 561 g/mol. The highest BCUT2D eigenvalue weighted by Gasteiger charge is 2.33. The van der Waals surface area contributed by atoms with Gasteiger partial charge in [-0.1, -0.05) is 59.1 Å². The van der Waals surface area contributed by atoms with Crippen LogP contribution in [0.5, 0.6) is 5.75 Å². The molecule has 0 spiro atoms. The molecule has 8 nitrogen and oxygen atoms in total. The van der Waals surface area contributed by atoms with Gasteiger partial charge in [-0.2, -0.15) is 0 Å². The molecule has 0 bridgehead atoms. The Labute approximate surface area is 239 Å². The van der Waals surface area contributed by atoms with Crippen molar-refractivity contribution in [3.05, 3.63) is 87.9 Å². The lowest BCUT2D eigenvalue weighted by molar-refractivity contribution is -0.139. The summed E-state index contributed by atoms with van der Waals surface area (Å²) in [5.74, 6) is -0.731. The van der Waals surface area contributed by atoms with E-state index in [0.29, 0.717) is 21.4 Å². The third kappa shape index (κ3) is 7.23. The fraction of sp³-hybridized carbons (Fsp3) is 0.286. The van der Waals surface area contributed by atoms with E-state index in [9.17, 15) is 18.0 Å². The smallest absolute Gasteiger partial charge is 0.264 e. The van der Waals surface area contributed by atoms with Gasteiger partial charge in [0.1, 0.15) is 18.3 Å². The Morgan fingerprint density at radius 2 is 1.69 bits per heavy atom. The summed E-state index contributed by atoms with van der Waals surface area (Å²) in [6, 6.07) is 16.8. The second kappa shape index (κ2) is 13.2. The summed E-state index contributed by atoms with van der Waals surface area (Å²) >= 11 is 12.4. The highest BCUT2D eigenvalue weighted by Crippen LogP contribution is 2.33. The predicted molar refractivity (Wildman–Crippen MR) is 154 cm³/mol. The first-order valence-corrected chi connectivity index (χ1v) is 14.4. The number of para-hydroxylation sites is 2. The number of rotatable bonds is 11. The molecule has 208 valence electrons. The Morgan fingerprint density at radius 3 is 2.31 bits per heavy atom. The minimum absolute atomic E-state index is 0.0128. The fourth-order valence-electron chi connectivity index (χ4n) is 3.92. The van der Waals surface area contributed by atoms with E-state index in [2.05, 4.69) is 5.32 Å². The van der Waals surface area contributed by atoms with Gasteiger partial charge in [-0.25, -0.2) is 8.42 Å². The average molecular weight is 593 g/mol. The van der Waals surface area contributed by atoms with Crippen LogP contribution in [-0.4, -0.2) is 51.4 Å². The molecule has 0 saturated carbocycles. The maximum Gasteiger partial charge on any atom is 0.264 e. The zero-order chi connectivity index (χ0) is 28.7. The molecule has 11 heteroatoms. The molecule has 3 rings (SSSR count). The molecule has 0 aliphatic rings. The van der Waals surface area contributed by atoms with Gasteiger partial charge in [0.2, 0.25) is 11.8 Å². The summed E-state index contributed by atoms with van der Waals surface area (Å²) in [6.45, 7) is 4.85. The zero-order valence-corrected chi connectivity index (χ0v) is 24.5. The van der Waals surface area contributed by atoms with Crippen LogP contribution in [0.4, 0.5) is 5.69 Å². The van der Waals surface area contributed by atoms with Gasteiger partial charge in [0.05, 0.1) is 17.2 Å². The molecule has 0 radical (unpaired) electrons. The molecule has 0 aromatic heterocycles. The molecule has 1 N–H and O–H groups in total. The lowest BCUT2D eigenvalue weighted by atomic mass is 10.1. The zero-order valence-electron chi connectivity index (χ0n) is 22.1. The van der Waals surface area contributed by atoms with Crippen molar-refractivity contribution < 1.29 is 22.7 Å². The maximum atomic E-state index is 14.0. The Bertz CT molecular complexity index is 1430. The van der Waals surface area contributed by atoms with Crippen molar-refractivity contribution in [2.75, 3.05) is 24.5 Å². The van der Waals surface area contributed by atoms with Gasteiger partial charge in [0.25, 0.3) is 10.0 Å². The number of amides is 2. The van der Waals surface area contributed by atoms with Crippen LogP contribution in [0.3, 0.4) is 0 Å². The van der Waals surface area contributed by atoms with E-state index >= 15 is 0 Å². The van der Waals surface area contributed by atoms with E-state index in [1.54, 1.807) is 62.4 Å². The number of carbonyl (C=O) groups is 2. The van der Waals surface area contributed by atoms with Gasteiger partial charge in [-0.15, -0.1) is 0 Å². The number of ether oxygens (including phenoxy) is 1.